The highest BCUT2D eigenvalue weighted by atomic mass is 16.5. The lowest BCUT2D eigenvalue weighted by atomic mass is 9.70. The summed E-state index contributed by atoms with van der Waals surface area (Å²) in [6, 6.07) is 7.83. The molecule has 0 aliphatic carbocycles. The van der Waals surface area contributed by atoms with E-state index in [1.54, 1.807) is 12.5 Å². The van der Waals surface area contributed by atoms with Gasteiger partial charge in [-0.3, -0.25) is 0 Å². The van der Waals surface area contributed by atoms with Crippen molar-refractivity contribution < 1.29 is 9.84 Å². The number of imidazole rings is 1. The summed E-state index contributed by atoms with van der Waals surface area (Å²) in [6.07, 6.45) is 3.46. The van der Waals surface area contributed by atoms with Crippen LogP contribution in [0, 0.1) is 0 Å². The van der Waals surface area contributed by atoms with Crippen LogP contribution in [0.1, 0.15) is 30.7 Å². The van der Waals surface area contributed by atoms with E-state index in [9.17, 15) is 5.11 Å². The molecular formula is C16H21N3O2. The Balaban J connectivity index is 2.09. The summed E-state index contributed by atoms with van der Waals surface area (Å²) >= 11 is 0. The lowest BCUT2D eigenvalue weighted by Crippen LogP contribution is -2.45. The number of aliphatic hydroxyl groups excluding tert-OH is 1. The highest BCUT2D eigenvalue weighted by Gasteiger charge is 2.44. The summed E-state index contributed by atoms with van der Waals surface area (Å²) in [5, 5.41) is 11.0. The van der Waals surface area contributed by atoms with Gasteiger partial charge in [-0.1, -0.05) is 18.2 Å². The average molecular weight is 287 g/mol. The van der Waals surface area contributed by atoms with E-state index < -0.39 is 11.5 Å². The summed E-state index contributed by atoms with van der Waals surface area (Å²) in [5.74, 6) is 0.816. The van der Waals surface area contributed by atoms with Gasteiger partial charge in [0.15, 0.2) is 0 Å². The topological polar surface area (TPSA) is 73.3 Å². The molecule has 112 valence electrons. The largest absolute Gasteiger partial charge is 0.493 e. The maximum absolute atomic E-state index is 11.0. The Labute approximate surface area is 124 Å². The van der Waals surface area contributed by atoms with Crippen molar-refractivity contribution in [1.82, 2.24) is 9.55 Å². The van der Waals surface area contributed by atoms with Gasteiger partial charge in [0.2, 0.25) is 0 Å². The normalized spacial score (nSPS) is 22.4. The minimum absolute atomic E-state index is 0.365. The van der Waals surface area contributed by atoms with E-state index in [4.69, 9.17) is 10.5 Å². The number of nitrogens with two attached hydrogens (primary N) is 1. The number of nitrogens with zero attached hydrogens (tertiary/aromatic N) is 2. The molecule has 0 saturated carbocycles. The number of ether oxygens (including phenoxy) is 1. The highest BCUT2D eigenvalue weighted by Crippen LogP contribution is 2.46. The number of hydrogen-bond acceptors (Lipinski definition) is 4. The lowest BCUT2D eigenvalue weighted by Gasteiger charge is -2.41. The maximum atomic E-state index is 11.0. The van der Waals surface area contributed by atoms with Crippen LogP contribution in [0.3, 0.4) is 0 Å². The number of benzene rings is 1. The Hall–Kier alpha value is -1.85. The maximum Gasteiger partial charge on any atom is 0.123 e. The van der Waals surface area contributed by atoms with Crippen LogP contribution < -0.4 is 10.5 Å². The fourth-order valence-corrected chi connectivity index (χ4v) is 3.20. The van der Waals surface area contributed by atoms with Crippen LogP contribution in [0.2, 0.25) is 0 Å². The summed E-state index contributed by atoms with van der Waals surface area (Å²) in [7, 11) is 0. The molecule has 0 bridgehead atoms. The Morgan fingerprint density at radius 2 is 2.29 bits per heavy atom. The van der Waals surface area contributed by atoms with Crippen molar-refractivity contribution >= 4 is 0 Å². The van der Waals surface area contributed by atoms with Gasteiger partial charge in [-0.25, -0.2) is 4.98 Å². The molecule has 0 saturated heterocycles. The van der Waals surface area contributed by atoms with Gasteiger partial charge in [0, 0.05) is 24.1 Å². The van der Waals surface area contributed by atoms with Gasteiger partial charge >= 0.3 is 0 Å². The highest BCUT2D eigenvalue weighted by molar-refractivity contribution is 5.43. The van der Waals surface area contributed by atoms with Crippen molar-refractivity contribution in [2.24, 2.45) is 5.73 Å². The molecule has 5 nitrogen and oxygen atoms in total. The number of aryl methyl sites for hydroxylation is 1. The minimum Gasteiger partial charge on any atom is -0.493 e. The second kappa shape index (κ2) is 5.50. The molecule has 3 N–H and O–H groups in total. The molecule has 1 aliphatic heterocycles. The van der Waals surface area contributed by atoms with Crippen LogP contribution in [0.25, 0.3) is 0 Å². The number of hydrogen-bond donors (Lipinski definition) is 2. The fourth-order valence-electron chi connectivity index (χ4n) is 3.20. The molecule has 2 atom stereocenters. The van der Waals surface area contributed by atoms with Crippen LogP contribution >= 0.6 is 0 Å². The second-order valence-electron chi connectivity index (χ2n) is 5.46. The Morgan fingerprint density at radius 3 is 3.05 bits per heavy atom. The van der Waals surface area contributed by atoms with Gasteiger partial charge in [0.25, 0.3) is 0 Å². The third-order valence-electron chi connectivity index (χ3n) is 4.48. The zero-order chi connectivity index (χ0) is 14.9. The quantitative estimate of drug-likeness (QED) is 0.896. The van der Waals surface area contributed by atoms with Crippen molar-refractivity contribution in [3.05, 3.63) is 48.0 Å². The first-order valence-electron chi connectivity index (χ1n) is 7.33. The Kier molecular flexibility index (Phi) is 3.69. The van der Waals surface area contributed by atoms with E-state index in [2.05, 4.69) is 4.98 Å². The van der Waals surface area contributed by atoms with Gasteiger partial charge in [0.1, 0.15) is 11.9 Å². The van der Waals surface area contributed by atoms with E-state index in [0.29, 0.717) is 19.6 Å². The van der Waals surface area contributed by atoms with Crippen molar-refractivity contribution in [1.29, 1.82) is 0 Å². The molecule has 0 amide bonds. The van der Waals surface area contributed by atoms with Crippen LogP contribution in [0.15, 0.2) is 36.8 Å². The van der Waals surface area contributed by atoms with Gasteiger partial charge in [-0.2, -0.15) is 0 Å². The molecule has 0 radical (unpaired) electrons. The molecular weight excluding hydrogens is 266 g/mol. The standard InChI is InChI=1S/C16H21N3O2/c1-2-19-11-18-9-13(19)15(20)16(10-17)7-8-21-14-6-4-3-5-12(14)16/h3-6,9,11,15,20H,2,7-8,10,17H2,1H3. The third-order valence-corrected chi connectivity index (χ3v) is 4.48. The molecule has 0 fully saturated rings. The molecule has 1 aliphatic rings. The first-order valence-corrected chi connectivity index (χ1v) is 7.33. The van der Waals surface area contributed by atoms with Gasteiger partial charge in [0.05, 0.1) is 24.8 Å². The molecule has 5 heteroatoms. The molecule has 3 rings (SSSR count). The first kappa shape index (κ1) is 14.1. The summed E-state index contributed by atoms with van der Waals surface area (Å²) in [4.78, 5) is 4.16. The predicted octanol–water partition coefficient (Wildman–Crippen LogP) is 1.62. The van der Waals surface area contributed by atoms with Gasteiger partial charge in [-0.15, -0.1) is 0 Å². The predicted molar refractivity (Wildman–Crippen MR) is 80.1 cm³/mol. The molecule has 2 unspecified atom stereocenters. The zero-order valence-corrected chi connectivity index (χ0v) is 12.2. The van der Waals surface area contributed by atoms with Crippen LogP contribution in [-0.2, 0) is 12.0 Å². The summed E-state index contributed by atoms with van der Waals surface area (Å²) in [5.41, 5.74) is 7.37. The summed E-state index contributed by atoms with van der Waals surface area (Å²) in [6.45, 7) is 3.73. The monoisotopic (exact) mass is 287 g/mol. The van der Waals surface area contributed by atoms with E-state index >= 15 is 0 Å². The number of rotatable bonds is 4. The zero-order valence-electron chi connectivity index (χ0n) is 12.2. The van der Waals surface area contributed by atoms with Crippen molar-refractivity contribution in [2.45, 2.75) is 31.4 Å². The Morgan fingerprint density at radius 1 is 1.48 bits per heavy atom. The number of aliphatic hydroxyl groups is 1. The fraction of sp³-hybridized carbons (Fsp3) is 0.438. The van der Waals surface area contributed by atoms with Gasteiger partial charge in [-0.05, 0) is 19.4 Å². The van der Waals surface area contributed by atoms with Gasteiger partial charge < -0.3 is 20.1 Å². The van der Waals surface area contributed by atoms with E-state index in [1.165, 1.54) is 0 Å². The molecule has 1 aromatic heterocycles. The second-order valence-corrected chi connectivity index (χ2v) is 5.46. The average Bonchev–Trinajstić information content (AvgIpc) is 3.02. The SMILES string of the molecule is CCn1cncc1C(O)C1(CN)CCOc2ccccc21. The third kappa shape index (κ3) is 2.13. The van der Waals surface area contributed by atoms with Crippen LogP contribution in [0.5, 0.6) is 5.75 Å². The Bertz CT molecular complexity index is 625. The number of aromatic nitrogens is 2. The van der Waals surface area contributed by atoms with E-state index in [0.717, 1.165) is 23.6 Å². The van der Waals surface area contributed by atoms with Crippen molar-refractivity contribution in [3.8, 4) is 5.75 Å². The van der Waals surface area contributed by atoms with Crippen molar-refractivity contribution in [3.63, 3.8) is 0 Å². The van der Waals surface area contributed by atoms with E-state index in [1.807, 2.05) is 35.8 Å². The van der Waals surface area contributed by atoms with Crippen LogP contribution in [0.4, 0.5) is 0 Å². The van der Waals surface area contributed by atoms with E-state index in [-0.39, 0.29) is 0 Å². The van der Waals surface area contributed by atoms with Crippen molar-refractivity contribution in [2.75, 3.05) is 13.2 Å². The molecule has 2 aromatic rings. The first-order chi connectivity index (χ1) is 10.2. The molecule has 2 heterocycles. The van der Waals surface area contributed by atoms with Crippen LogP contribution in [-0.4, -0.2) is 27.8 Å². The number of para-hydroxylation sites is 1. The number of fused-ring (bicyclic) bond motifs is 1. The molecule has 21 heavy (non-hydrogen) atoms. The summed E-state index contributed by atoms with van der Waals surface area (Å²) < 4.78 is 7.67. The lowest BCUT2D eigenvalue weighted by molar-refractivity contribution is 0.0478. The molecule has 1 aromatic carbocycles. The molecule has 0 spiro atoms. The smallest absolute Gasteiger partial charge is 0.123 e. The minimum atomic E-state index is -0.699.